The largest absolute Gasteiger partial charge is 0.546 e. The van der Waals surface area contributed by atoms with Gasteiger partial charge in [-0.3, -0.25) is 0 Å². The van der Waals surface area contributed by atoms with Crippen LogP contribution in [0.1, 0.15) is 5.56 Å². The van der Waals surface area contributed by atoms with Crippen LogP contribution in [0.2, 0.25) is 0 Å². The maximum absolute atomic E-state index is 4.71. The molecule has 0 saturated heterocycles. The van der Waals surface area contributed by atoms with E-state index in [9.17, 15) is 0 Å². The molecule has 2 rings (SSSR count). The average Bonchev–Trinajstić information content (AvgIpc) is 2.28. The fraction of sp³-hybridized carbons (Fsp3) is 0. The molecule has 0 fully saturated rings. The third kappa shape index (κ3) is 1.19. The molecule has 0 spiro atoms. The zero-order valence-corrected chi connectivity index (χ0v) is 5.82. The molecule has 1 aromatic rings. The molecular formula is C7H6BN2O. The van der Waals surface area contributed by atoms with Crippen LogP contribution >= 0.6 is 0 Å². The van der Waals surface area contributed by atoms with Gasteiger partial charge in [0.15, 0.2) is 0 Å². The van der Waals surface area contributed by atoms with Gasteiger partial charge >= 0.3 is 7.62 Å². The van der Waals surface area contributed by atoms with Crippen LogP contribution in [-0.4, -0.2) is 13.8 Å². The molecule has 0 atom stereocenters. The number of oxime groups is 1. The molecular weight excluding hydrogens is 139 g/mol. The summed E-state index contributed by atoms with van der Waals surface area (Å²) in [5.74, 6) is 0. The first-order valence-corrected chi connectivity index (χ1v) is 3.33. The lowest BCUT2D eigenvalue weighted by molar-refractivity contribution is 0.370. The molecule has 0 aliphatic carbocycles. The first-order valence-electron chi connectivity index (χ1n) is 3.33. The fourth-order valence-corrected chi connectivity index (χ4v) is 0.949. The number of fused-ring (bicyclic) bond motifs is 1. The summed E-state index contributed by atoms with van der Waals surface area (Å²) in [6.45, 7) is 0. The Bertz CT molecular complexity index is 288. The van der Waals surface area contributed by atoms with Crippen LogP contribution in [0.25, 0.3) is 0 Å². The summed E-state index contributed by atoms with van der Waals surface area (Å²) in [5, 5.41) is 6.62. The SMILES string of the molecule is [B]1Nc2ccccc2C=NO1. The Morgan fingerprint density at radius 3 is 3.27 bits per heavy atom. The van der Waals surface area contributed by atoms with E-state index >= 15 is 0 Å². The Balaban J connectivity index is 2.45. The molecule has 1 N–H and O–H groups in total. The van der Waals surface area contributed by atoms with Crippen LogP contribution < -0.4 is 5.23 Å². The number of para-hydroxylation sites is 1. The molecule has 0 bridgehead atoms. The highest BCUT2D eigenvalue weighted by Crippen LogP contribution is 2.13. The van der Waals surface area contributed by atoms with Gasteiger partial charge in [0.25, 0.3) is 0 Å². The van der Waals surface area contributed by atoms with Gasteiger partial charge in [0.05, 0.1) is 6.21 Å². The summed E-state index contributed by atoms with van der Waals surface area (Å²) in [4.78, 5) is 0. The van der Waals surface area contributed by atoms with Gasteiger partial charge in [-0.1, -0.05) is 18.2 Å². The van der Waals surface area contributed by atoms with Crippen molar-refractivity contribution in [2.45, 2.75) is 0 Å². The number of benzene rings is 1. The van der Waals surface area contributed by atoms with Crippen LogP contribution in [0.5, 0.6) is 0 Å². The molecule has 0 saturated carbocycles. The zero-order chi connectivity index (χ0) is 7.52. The zero-order valence-electron chi connectivity index (χ0n) is 5.82. The molecule has 1 aromatic carbocycles. The predicted molar refractivity (Wildman–Crippen MR) is 44.5 cm³/mol. The normalized spacial score (nSPS) is 13.5. The summed E-state index contributed by atoms with van der Waals surface area (Å²) < 4.78 is 4.71. The van der Waals surface area contributed by atoms with E-state index in [2.05, 4.69) is 10.4 Å². The van der Waals surface area contributed by atoms with Crippen LogP contribution in [0.4, 0.5) is 5.69 Å². The summed E-state index contributed by atoms with van der Waals surface area (Å²) in [5.41, 5.74) is 2.04. The second-order valence-corrected chi connectivity index (χ2v) is 2.19. The van der Waals surface area contributed by atoms with Crippen molar-refractivity contribution >= 4 is 19.5 Å². The maximum Gasteiger partial charge on any atom is 0.546 e. The Morgan fingerprint density at radius 1 is 1.36 bits per heavy atom. The highest BCUT2D eigenvalue weighted by atomic mass is 16.6. The molecule has 1 radical (unpaired) electrons. The smallest absolute Gasteiger partial charge is 0.441 e. The Kier molecular flexibility index (Phi) is 1.52. The summed E-state index contributed by atoms with van der Waals surface area (Å²) in [6.07, 6.45) is 1.67. The Hall–Kier alpha value is -1.45. The van der Waals surface area contributed by atoms with Crippen molar-refractivity contribution in [2.75, 3.05) is 5.23 Å². The molecule has 1 aliphatic heterocycles. The van der Waals surface area contributed by atoms with Gasteiger partial charge in [-0.2, -0.15) is 0 Å². The number of hydrogen-bond donors (Lipinski definition) is 1. The van der Waals surface area contributed by atoms with Crippen molar-refractivity contribution in [3.05, 3.63) is 29.8 Å². The minimum absolute atomic E-state index is 1.01. The van der Waals surface area contributed by atoms with E-state index in [-0.39, 0.29) is 0 Å². The van der Waals surface area contributed by atoms with E-state index in [1.54, 1.807) is 6.21 Å². The molecule has 0 amide bonds. The summed E-state index contributed by atoms with van der Waals surface area (Å²) >= 11 is 0. The lowest BCUT2D eigenvalue weighted by Crippen LogP contribution is -2.06. The van der Waals surface area contributed by atoms with Crippen molar-refractivity contribution in [1.82, 2.24) is 0 Å². The van der Waals surface area contributed by atoms with Crippen LogP contribution in [0.15, 0.2) is 29.4 Å². The lowest BCUT2D eigenvalue weighted by atomic mass is 10.1. The maximum atomic E-state index is 4.71. The Labute approximate surface area is 65.3 Å². The number of nitrogens with one attached hydrogen (secondary N) is 1. The van der Waals surface area contributed by atoms with Crippen molar-refractivity contribution in [1.29, 1.82) is 0 Å². The standard InChI is InChI=1S/C7H6BN2O/c1-2-4-7-6(3-1)5-9-11-8-10-7/h1-5,10H. The van der Waals surface area contributed by atoms with E-state index in [0.29, 0.717) is 0 Å². The fourth-order valence-electron chi connectivity index (χ4n) is 0.949. The van der Waals surface area contributed by atoms with Crippen molar-refractivity contribution < 1.29 is 4.76 Å². The van der Waals surface area contributed by atoms with Crippen LogP contribution in [0, 0.1) is 0 Å². The third-order valence-corrected chi connectivity index (χ3v) is 1.48. The van der Waals surface area contributed by atoms with Gasteiger partial charge in [0.2, 0.25) is 0 Å². The molecule has 1 heterocycles. The molecule has 1 aliphatic rings. The van der Waals surface area contributed by atoms with Crippen molar-refractivity contribution in [3.63, 3.8) is 0 Å². The van der Waals surface area contributed by atoms with Crippen molar-refractivity contribution in [2.24, 2.45) is 5.16 Å². The topological polar surface area (TPSA) is 33.6 Å². The minimum atomic E-state index is 1.01. The number of nitrogens with zero attached hydrogens (tertiary/aromatic N) is 1. The quantitative estimate of drug-likeness (QED) is 0.552. The van der Waals surface area contributed by atoms with Crippen LogP contribution in [-0.2, 0) is 4.76 Å². The van der Waals surface area contributed by atoms with Gasteiger partial charge in [0.1, 0.15) is 0 Å². The highest BCUT2D eigenvalue weighted by Gasteiger charge is 2.03. The van der Waals surface area contributed by atoms with Gasteiger partial charge < -0.3 is 9.98 Å². The minimum Gasteiger partial charge on any atom is -0.441 e. The molecule has 3 nitrogen and oxygen atoms in total. The molecule has 53 valence electrons. The van der Waals surface area contributed by atoms with Gasteiger partial charge in [0, 0.05) is 11.3 Å². The number of anilines is 1. The second-order valence-electron chi connectivity index (χ2n) is 2.19. The highest BCUT2D eigenvalue weighted by molar-refractivity contribution is 6.33. The monoisotopic (exact) mass is 145 g/mol. The van der Waals surface area contributed by atoms with Crippen molar-refractivity contribution in [3.8, 4) is 0 Å². The summed E-state index contributed by atoms with van der Waals surface area (Å²) in [6, 6.07) is 7.84. The van der Waals surface area contributed by atoms with Gasteiger partial charge in [-0.05, 0) is 6.07 Å². The predicted octanol–water partition coefficient (Wildman–Crippen LogP) is 0.997. The summed E-state index contributed by atoms with van der Waals surface area (Å²) in [7, 11) is 1.45. The van der Waals surface area contributed by atoms with E-state index < -0.39 is 0 Å². The second kappa shape index (κ2) is 2.66. The first-order chi connectivity index (χ1) is 5.47. The van der Waals surface area contributed by atoms with Crippen LogP contribution in [0.3, 0.4) is 0 Å². The van der Waals surface area contributed by atoms with E-state index in [4.69, 9.17) is 4.76 Å². The third-order valence-electron chi connectivity index (χ3n) is 1.48. The molecule has 0 aromatic heterocycles. The molecule has 4 heteroatoms. The van der Waals surface area contributed by atoms with E-state index in [1.165, 1.54) is 7.62 Å². The number of hydrogen-bond acceptors (Lipinski definition) is 3. The van der Waals surface area contributed by atoms with Gasteiger partial charge in [-0.15, -0.1) is 5.16 Å². The molecule has 11 heavy (non-hydrogen) atoms. The van der Waals surface area contributed by atoms with E-state index in [1.807, 2.05) is 24.3 Å². The van der Waals surface area contributed by atoms with Gasteiger partial charge in [-0.25, -0.2) is 0 Å². The first kappa shape index (κ1) is 6.28. The van der Waals surface area contributed by atoms with E-state index in [0.717, 1.165) is 11.3 Å². The average molecular weight is 145 g/mol. The Morgan fingerprint density at radius 2 is 2.27 bits per heavy atom. The lowest BCUT2D eigenvalue weighted by Gasteiger charge is -2.00. The number of rotatable bonds is 0. The molecule has 0 unspecified atom stereocenters.